The summed E-state index contributed by atoms with van der Waals surface area (Å²) in [6.07, 6.45) is 2.71. The molecule has 0 radical (unpaired) electrons. The minimum Gasteiger partial charge on any atom is -0.353 e. The molecule has 9 heteroatoms. The lowest BCUT2D eigenvalue weighted by atomic mass is 9.99. The maximum Gasteiger partial charge on any atom is 0.233 e. The minimum atomic E-state index is 0.105. The van der Waals surface area contributed by atoms with E-state index in [1.165, 1.54) is 11.8 Å². The molecule has 0 saturated carbocycles. The molecule has 0 spiro atoms. The monoisotopic (exact) mass is 467 g/mol. The summed E-state index contributed by atoms with van der Waals surface area (Å²) in [5, 5.41) is 0.893. The number of likely N-dealkylation sites (tertiary alicyclic amines) is 1. The van der Waals surface area contributed by atoms with Gasteiger partial charge in [0.1, 0.15) is 11.0 Å². The van der Waals surface area contributed by atoms with Crippen LogP contribution in [0.15, 0.2) is 11.2 Å². The molecule has 1 atom stereocenters. The largest absolute Gasteiger partial charge is 0.353 e. The van der Waals surface area contributed by atoms with Crippen LogP contribution in [0.4, 0.5) is 5.82 Å². The van der Waals surface area contributed by atoms with E-state index in [1.807, 2.05) is 9.80 Å². The Bertz CT molecular complexity index is 785. The van der Waals surface area contributed by atoms with Crippen molar-refractivity contribution in [1.82, 2.24) is 19.8 Å². The van der Waals surface area contributed by atoms with E-state index in [0.717, 1.165) is 31.7 Å². The van der Waals surface area contributed by atoms with Crippen LogP contribution in [0.25, 0.3) is 0 Å². The molecule has 3 rings (SSSR count). The Labute approximate surface area is 194 Å². The number of amides is 2. The zero-order valence-electron chi connectivity index (χ0n) is 19.0. The summed E-state index contributed by atoms with van der Waals surface area (Å²) in [7, 11) is 0. The van der Waals surface area contributed by atoms with Crippen molar-refractivity contribution in [2.24, 2.45) is 11.8 Å². The number of thioether (sulfide) groups is 1. The first-order valence-electron chi connectivity index (χ1n) is 11.2. The fourth-order valence-electron chi connectivity index (χ4n) is 4.09. The SMILES string of the molecule is CC(C)CC(=O)N1CCN(c2cc(Cl)nc(SCC(=O)N3CCC(C)CC3)n2)CC1C. The summed E-state index contributed by atoms with van der Waals surface area (Å²) in [6.45, 7) is 12.2. The number of rotatable bonds is 6. The van der Waals surface area contributed by atoms with E-state index in [-0.39, 0.29) is 17.9 Å². The second-order valence-corrected chi connectivity index (χ2v) is 10.5. The van der Waals surface area contributed by atoms with E-state index in [4.69, 9.17) is 11.6 Å². The fraction of sp³-hybridized carbons (Fsp3) is 0.727. The highest BCUT2D eigenvalue weighted by Gasteiger charge is 2.29. The molecular weight excluding hydrogens is 434 g/mol. The van der Waals surface area contributed by atoms with Crippen LogP contribution in [-0.2, 0) is 9.59 Å². The van der Waals surface area contributed by atoms with Crippen molar-refractivity contribution in [1.29, 1.82) is 0 Å². The lowest BCUT2D eigenvalue weighted by molar-refractivity contribution is -0.134. The molecule has 1 unspecified atom stereocenters. The third kappa shape index (κ3) is 6.72. The zero-order chi connectivity index (χ0) is 22.5. The number of anilines is 1. The third-order valence-corrected chi connectivity index (χ3v) is 7.00. The van der Waals surface area contributed by atoms with E-state index < -0.39 is 0 Å². The second-order valence-electron chi connectivity index (χ2n) is 9.16. The molecule has 172 valence electrons. The topological polar surface area (TPSA) is 69.6 Å². The molecule has 2 aliphatic heterocycles. The number of hydrogen-bond acceptors (Lipinski definition) is 6. The van der Waals surface area contributed by atoms with Gasteiger partial charge in [-0.05, 0) is 31.6 Å². The van der Waals surface area contributed by atoms with Crippen LogP contribution in [0.2, 0.25) is 5.15 Å². The van der Waals surface area contributed by atoms with Gasteiger partial charge in [-0.3, -0.25) is 9.59 Å². The Hall–Kier alpha value is -1.54. The van der Waals surface area contributed by atoms with Crippen LogP contribution in [0.5, 0.6) is 0 Å². The Morgan fingerprint density at radius 1 is 1.13 bits per heavy atom. The number of aromatic nitrogens is 2. The Morgan fingerprint density at radius 2 is 1.84 bits per heavy atom. The molecule has 2 fully saturated rings. The van der Waals surface area contributed by atoms with E-state index in [9.17, 15) is 9.59 Å². The zero-order valence-corrected chi connectivity index (χ0v) is 20.6. The number of piperidine rings is 1. The first-order chi connectivity index (χ1) is 14.7. The van der Waals surface area contributed by atoms with Crippen molar-refractivity contribution in [2.75, 3.05) is 43.4 Å². The van der Waals surface area contributed by atoms with Gasteiger partial charge in [-0.25, -0.2) is 9.97 Å². The molecule has 0 N–H and O–H groups in total. The molecule has 0 aromatic carbocycles. The maximum absolute atomic E-state index is 12.5. The minimum absolute atomic E-state index is 0.105. The smallest absolute Gasteiger partial charge is 0.233 e. The maximum atomic E-state index is 12.5. The molecule has 0 bridgehead atoms. The van der Waals surface area contributed by atoms with Crippen LogP contribution in [0, 0.1) is 11.8 Å². The number of carbonyl (C=O) groups excluding carboxylic acids is 2. The first-order valence-corrected chi connectivity index (χ1v) is 12.6. The number of carbonyl (C=O) groups is 2. The molecule has 2 saturated heterocycles. The molecule has 31 heavy (non-hydrogen) atoms. The molecule has 1 aromatic rings. The Balaban J connectivity index is 1.58. The van der Waals surface area contributed by atoms with Crippen molar-refractivity contribution in [3.8, 4) is 0 Å². The summed E-state index contributed by atoms with van der Waals surface area (Å²) in [5.41, 5.74) is 0. The predicted octanol–water partition coefficient (Wildman–Crippen LogP) is 3.56. The molecule has 2 amide bonds. The van der Waals surface area contributed by atoms with E-state index in [1.54, 1.807) is 6.07 Å². The predicted molar refractivity (Wildman–Crippen MR) is 126 cm³/mol. The summed E-state index contributed by atoms with van der Waals surface area (Å²) >= 11 is 7.61. The van der Waals surface area contributed by atoms with Crippen LogP contribution in [-0.4, -0.2) is 76.1 Å². The highest BCUT2D eigenvalue weighted by atomic mass is 35.5. The molecule has 3 heterocycles. The summed E-state index contributed by atoms with van der Waals surface area (Å²) in [4.78, 5) is 40.0. The second kappa shape index (κ2) is 10.9. The van der Waals surface area contributed by atoms with Crippen LogP contribution in [0.1, 0.15) is 47.0 Å². The Kier molecular flexibility index (Phi) is 8.44. The molecule has 7 nitrogen and oxygen atoms in total. The van der Waals surface area contributed by atoms with Gasteiger partial charge in [-0.2, -0.15) is 0 Å². The van der Waals surface area contributed by atoms with E-state index in [0.29, 0.717) is 54.0 Å². The van der Waals surface area contributed by atoms with E-state index in [2.05, 4.69) is 42.6 Å². The third-order valence-electron chi connectivity index (χ3n) is 5.98. The van der Waals surface area contributed by atoms with Crippen LogP contribution in [0.3, 0.4) is 0 Å². The van der Waals surface area contributed by atoms with Crippen molar-refractivity contribution in [2.45, 2.75) is 58.2 Å². The quantitative estimate of drug-likeness (QED) is 0.362. The number of nitrogens with zero attached hydrogens (tertiary/aromatic N) is 5. The average molecular weight is 468 g/mol. The summed E-state index contributed by atoms with van der Waals surface area (Å²) in [6, 6.07) is 1.87. The first kappa shape index (κ1) is 24.1. The summed E-state index contributed by atoms with van der Waals surface area (Å²) in [5.74, 6) is 2.47. The van der Waals surface area contributed by atoms with Gasteiger partial charge in [-0.1, -0.05) is 44.1 Å². The highest BCUT2D eigenvalue weighted by Crippen LogP contribution is 2.25. The van der Waals surface area contributed by atoms with E-state index >= 15 is 0 Å². The van der Waals surface area contributed by atoms with Crippen LogP contribution >= 0.6 is 23.4 Å². The van der Waals surface area contributed by atoms with Gasteiger partial charge in [0.25, 0.3) is 0 Å². The van der Waals surface area contributed by atoms with Crippen molar-refractivity contribution < 1.29 is 9.59 Å². The summed E-state index contributed by atoms with van der Waals surface area (Å²) < 4.78 is 0. The van der Waals surface area contributed by atoms with Gasteiger partial charge in [0.05, 0.1) is 5.75 Å². The Morgan fingerprint density at radius 3 is 2.48 bits per heavy atom. The van der Waals surface area contributed by atoms with Gasteiger partial charge < -0.3 is 14.7 Å². The van der Waals surface area contributed by atoms with Gasteiger partial charge in [0.2, 0.25) is 11.8 Å². The number of hydrogen-bond donors (Lipinski definition) is 0. The van der Waals surface area contributed by atoms with Gasteiger partial charge in [-0.15, -0.1) is 0 Å². The van der Waals surface area contributed by atoms with Crippen molar-refractivity contribution in [3.05, 3.63) is 11.2 Å². The standard InChI is InChI=1S/C22H34ClN5O2S/c1-15(2)11-20(29)28-10-9-27(13-17(28)4)19-12-18(23)24-22(25-19)31-14-21(30)26-7-5-16(3)6-8-26/h12,15-17H,5-11,13-14H2,1-4H3. The average Bonchev–Trinajstić information content (AvgIpc) is 2.71. The van der Waals surface area contributed by atoms with Crippen molar-refractivity contribution >= 4 is 41.0 Å². The molecule has 2 aliphatic rings. The lowest BCUT2D eigenvalue weighted by Gasteiger charge is -2.40. The highest BCUT2D eigenvalue weighted by molar-refractivity contribution is 7.99. The van der Waals surface area contributed by atoms with Crippen LogP contribution < -0.4 is 4.90 Å². The number of halogens is 1. The molecular formula is C22H34ClN5O2S. The molecule has 0 aliphatic carbocycles. The van der Waals surface area contributed by atoms with Gasteiger partial charge in [0.15, 0.2) is 5.16 Å². The fourth-order valence-corrected chi connectivity index (χ4v) is 5.07. The normalized spacial score (nSPS) is 20.5. The van der Waals surface area contributed by atoms with Crippen molar-refractivity contribution in [3.63, 3.8) is 0 Å². The van der Waals surface area contributed by atoms with Gasteiger partial charge in [0, 0.05) is 51.3 Å². The molecule has 1 aromatic heterocycles. The lowest BCUT2D eigenvalue weighted by Crippen LogP contribution is -2.54. The number of piperazine rings is 1. The van der Waals surface area contributed by atoms with Gasteiger partial charge >= 0.3 is 0 Å².